The van der Waals surface area contributed by atoms with E-state index in [1.807, 2.05) is 25.1 Å². The van der Waals surface area contributed by atoms with Crippen LogP contribution in [0.4, 0.5) is 8.22 Å². The Morgan fingerprint density at radius 1 is 1.31 bits per heavy atom. The van der Waals surface area contributed by atoms with Crippen molar-refractivity contribution in [1.29, 1.82) is 0 Å². The molecule has 0 saturated carbocycles. The zero-order chi connectivity index (χ0) is 9.68. The van der Waals surface area contributed by atoms with Crippen LogP contribution in [-0.2, 0) is 6.42 Å². The molecule has 0 N–H and O–H groups in total. The number of hydrogen-bond acceptors (Lipinski definition) is 0. The Labute approximate surface area is 79.5 Å². The lowest BCUT2D eigenvalue weighted by Crippen LogP contribution is -1.96. The van der Waals surface area contributed by atoms with Crippen LogP contribution in [0.1, 0.15) is 17.5 Å². The lowest BCUT2D eigenvalue weighted by molar-refractivity contribution is 0.641. The molecule has 0 unspecified atom stereocenters. The summed E-state index contributed by atoms with van der Waals surface area (Å²) >= 11 is 0. The lowest BCUT2D eigenvalue weighted by Gasteiger charge is -2.00. The molecule has 0 aromatic heterocycles. The Morgan fingerprint density at radius 2 is 2.08 bits per heavy atom. The van der Waals surface area contributed by atoms with Gasteiger partial charge in [0.15, 0.2) is 0 Å². The molecule has 0 nitrogen and oxygen atoms in total. The first-order valence-corrected chi connectivity index (χ1v) is 5.87. The number of aryl methyl sites for hydroxylation is 2. The van der Waals surface area contributed by atoms with Gasteiger partial charge in [-0.05, 0) is 25.3 Å². The minimum absolute atomic E-state index is 0.110. The predicted octanol–water partition coefficient (Wildman–Crippen LogP) is 3.35. The van der Waals surface area contributed by atoms with Crippen LogP contribution in [0.3, 0.4) is 0 Å². The standard InChI is InChI=1S/C10H13F2Si/c1-9-4-2-5-10(8-9)6-3-7-13(11)12/h2,4-5,8H,3,6-7H2,1H3. The Kier molecular flexibility index (Phi) is 4.09. The van der Waals surface area contributed by atoms with Gasteiger partial charge in [0.2, 0.25) is 0 Å². The maximum absolute atomic E-state index is 11.9. The molecule has 0 amide bonds. The van der Waals surface area contributed by atoms with Crippen molar-refractivity contribution in [2.75, 3.05) is 0 Å². The Hall–Kier alpha value is -0.703. The van der Waals surface area contributed by atoms with E-state index in [-0.39, 0.29) is 6.04 Å². The van der Waals surface area contributed by atoms with Crippen LogP contribution in [0.25, 0.3) is 0 Å². The summed E-state index contributed by atoms with van der Waals surface area (Å²) in [6, 6.07) is 8.15. The van der Waals surface area contributed by atoms with Gasteiger partial charge in [0, 0.05) is 6.04 Å². The molecule has 1 aromatic rings. The molecule has 0 bridgehead atoms. The van der Waals surface area contributed by atoms with Crippen molar-refractivity contribution >= 4 is 9.46 Å². The third-order valence-corrected chi connectivity index (χ3v) is 2.65. The average molecular weight is 199 g/mol. The van der Waals surface area contributed by atoms with Crippen molar-refractivity contribution < 1.29 is 8.22 Å². The highest BCUT2D eigenvalue weighted by Crippen LogP contribution is 2.09. The van der Waals surface area contributed by atoms with Gasteiger partial charge in [0.25, 0.3) is 0 Å². The van der Waals surface area contributed by atoms with Gasteiger partial charge in [-0.3, -0.25) is 8.22 Å². The van der Waals surface area contributed by atoms with Gasteiger partial charge in [0.05, 0.1) is 0 Å². The summed E-state index contributed by atoms with van der Waals surface area (Å²) in [5, 5.41) is 0. The lowest BCUT2D eigenvalue weighted by atomic mass is 10.1. The molecule has 71 valence electrons. The molecule has 0 saturated heterocycles. The molecule has 0 aliphatic carbocycles. The summed E-state index contributed by atoms with van der Waals surface area (Å²) in [5.41, 5.74) is 2.37. The molecule has 0 atom stereocenters. The van der Waals surface area contributed by atoms with E-state index in [4.69, 9.17) is 0 Å². The Morgan fingerprint density at radius 3 is 2.69 bits per heavy atom. The average Bonchev–Trinajstić information content (AvgIpc) is 2.03. The van der Waals surface area contributed by atoms with Crippen molar-refractivity contribution in [1.82, 2.24) is 0 Å². The summed E-state index contributed by atoms with van der Waals surface area (Å²) in [6.45, 7) is 2.02. The van der Waals surface area contributed by atoms with Gasteiger partial charge in [-0.25, -0.2) is 0 Å². The number of rotatable bonds is 4. The summed E-state index contributed by atoms with van der Waals surface area (Å²) in [4.78, 5) is 0. The number of benzene rings is 1. The van der Waals surface area contributed by atoms with Gasteiger partial charge in [-0.15, -0.1) is 0 Å². The topological polar surface area (TPSA) is 0 Å². The first-order chi connectivity index (χ1) is 6.18. The number of halogens is 2. The van der Waals surface area contributed by atoms with E-state index in [0.29, 0.717) is 6.42 Å². The van der Waals surface area contributed by atoms with E-state index in [0.717, 1.165) is 6.42 Å². The van der Waals surface area contributed by atoms with Crippen LogP contribution in [0.15, 0.2) is 24.3 Å². The van der Waals surface area contributed by atoms with Crippen molar-refractivity contribution in [2.24, 2.45) is 0 Å². The molecule has 0 spiro atoms. The second kappa shape index (κ2) is 5.12. The molecular weight excluding hydrogens is 186 g/mol. The zero-order valence-corrected chi connectivity index (χ0v) is 8.69. The zero-order valence-electron chi connectivity index (χ0n) is 7.69. The van der Waals surface area contributed by atoms with Gasteiger partial charge < -0.3 is 0 Å². The van der Waals surface area contributed by atoms with E-state index < -0.39 is 9.46 Å². The molecule has 0 heterocycles. The summed E-state index contributed by atoms with van der Waals surface area (Å²) < 4.78 is 23.8. The number of hydrogen-bond donors (Lipinski definition) is 0. The fraction of sp³-hybridized carbons (Fsp3) is 0.400. The van der Waals surface area contributed by atoms with Crippen LogP contribution in [-0.4, -0.2) is 9.46 Å². The largest absolute Gasteiger partial charge is 0.476 e. The van der Waals surface area contributed by atoms with Crippen LogP contribution in [0, 0.1) is 6.92 Å². The van der Waals surface area contributed by atoms with Gasteiger partial charge in [-0.1, -0.05) is 29.8 Å². The van der Waals surface area contributed by atoms with Crippen molar-refractivity contribution in [3.8, 4) is 0 Å². The maximum atomic E-state index is 11.9. The summed E-state index contributed by atoms with van der Waals surface area (Å²) in [7, 11) is -3.01. The molecular formula is C10H13F2Si. The first-order valence-electron chi connectivity index (χ1n) is 4.41. The van der Waals surface area contributed by atoms with Crippen LogP contribution < -0.4 is 0 Å². The Bertz CT molecular complexity index is 261. The van der Waals surface area contributed by atoms with Crippen LogP contribution >= 0.6 is 0 Å². The SMILES string of the molecule is Cc1cccc(CCC[Si](F)F)c1. The second-order valence-electron chi connectivity index (χ2n) is 3.18. The third-order valence-electron chi connectivity index (χ3n) is 1.91. The highest BCUT2D eigenvalue weighted by molar-refractivity contribution is 6.42. The molecule has 0 fully saturated rings. The minimum Gasteiger partial charge on any atom is -0.268 e. The van der Waals surface area contributed by atoms with Crippen molar-refractivity contribution in [3.05, 3.63) is 35.4 Å². The normalized spacial score (nSPS) is 10.8. The third kappa shape index (κ3) is 4.17. The fourth-order valence-electron chi connectivity index (χ4n) is 1.29. The quantitative estimate of drug-likeness (QED) is 0.515. The smallest absolute Gasteiger partial charge is 0.268 e. The molecule has 13 heavy (non-hydrogen) atoms. The molecule has 1 rings (SSSR count). The van der Waals surface area contributed by atoms with E-state index in [1.165, 1.54) is 11.1 Å². The Balaban J connectivity index is 2.37. The van der Waals surface area contributed by atoms with Crippen LogP contribution in [0.5, 0.6) is 0 Å². The summed E-state index contributed by atoms with van der Waals surface area (Å²) in [6.07, 6.45) is 1.40. The monoisotopic (exact) mass is 199 g/mol. The van der Waals surface area contributed by atoms with E-state index >= 15 is 0 Å². The summed E-state index contributed by atoms with van der Waals surface area (Å²) in [5.74, 6) is 0. The van der Waals surface area contributed by atoms with Crippen molar-refractivity contribution in [2.45, 2.75) is 25.8 Å². The maximum Gasteiger partial charge on any atom is 0.476 e. The van der Waals surface area contributed by atoms with Crippen LogP contribution in [0.2, 0.25) is 6.04 Å². The fourth-order valence-corrected chi connectivity index (χ4v) is 1.74. The highest BCUT2D eigenvalue weighted by Gasteiger charge is 2.08. The molecule has 1 radical (unpaired) electrons. The second-order valence-corrected chi connectivity index (χ2v) is 4.36. The van der Waals surface area contributed by atoms with Gasteiger partial charge in [-0.2, -0.15) is 0 Å². The van der Waals surface area contributed by atoms with Gasteiger partial charge >= 0.3 is 9.46 Å². The van der Waals surface area contributed by atoms with E-state index in [2.05, 4.69) is 6.07 Å². The molecule has 1 aromatic carbocycles. The van der Waals surface area contributed by atoms with Crippen molar-refractivity contribution in [3.63, 3.8) is 0 Å². The molecule has 0 aliphatic rings. The molecule has 3 heteroatoms. The van der Waals surface area contributed by atoms with E-state index in [9.17, 15) is 8.22 Å². The highest BCUT2D eigenvalue weighted by atomic mass is 28.4. The predicted molar refractivity (Wildman–Crippen MR) is 52.3 cm³/mol. The van der Waals surface area contributed by atoms with Gasteiger partial charge in [0.1, 0.15) is 0 Å². The first kappa shape index (κ1) is 10.4. The van der Waals surface area contributed by atoms with E-state index in [1.54, 1.807) is 0 Å². The minimum atomic E-state index is -3.01. The molecule has 0 aliphatic heterocycles.